The zero-order chi connectivity index (χ0) is 15.5. The average Bonchev–Trinajstić information content (AvgIpc) is 2.44. The molecule has 0 fully saturated rings. The van der Waals surface area contributed by atoms with Crippen LogP contribution < -0.4 is 10.5 Å². The molecule has 0 heterocycles. The number of halogens is 1. The van der Waals surface area contributed by atoms with Crippen LogP contribution >= 0.6 is 15.9 Å². The average molecular weight is 369 g/mol. The molecular weight excluding hydrogens is 352 g/mol. The molecule has 2 aromatic carbocycles. The van der Waals surface area contributed by atoms with Gasteiger partial charge in [0.05, 0.1) is 10.6 Å². The molecule has 0 saturated heterocycles. The van der Waals surface area contributed by atoms with E-state index in [0.717, 1.165) is 17.5 Å². The smallest absolute Gasteiger partial charge is 0.261 e. The monoisotopic (exact) mass is 368 g/mol. The van der Waals surface area contributed by atoms with E-state index in [9.17, 15) is 8.42 Å². The number of anilines is 1. The standard InChI is InChI=1S/C15H17BrN2O2S/c1-11-2-7-14(16)15(10-11)18-21(19,20)13-5-3-12(4-6-13)8-9-17/h2-7,10,18H,8-9,17H2,1H3. The number of hydrogen-bond acceptors (Lipinski definition) is 3. The summed E-state index contributed by atoms with van der Waals surface area (Å²) >= 11 is 3.35. The molecule has 6 heteroatoms. The lowest BCUT2D eigenvalue weighted by Crippen LogP contribution is -2.13. The Balaban J connectivity index is 2.27. The Kier molecular flexibility index (Phi) is 5.03. The van der Waals surface area contributed by atoms with Gasteiger partial charge in [-0.25, -0.2) is 8.42 Å². The Hall–Kier alpha value is -1.37. The van der Waals surface area contributed by atoms with Gasteiger partial charge in [0.15, 0.2) is 0 Å². The summed E-state index contributed by atoms with van der Waals surface area (Å²) in [6.45, 7) is 2.45. The van der Waals surface area contributed by atoms with Crippen LogP contribution in [0.15, 0.2) is 51.8 Å². The minimum Gasteiger partial charge on any atom is -0.330 e. The number of rotatable bonds is 5. The molecule has 0 aliphatic carbocycles. The van der Waals surface area contributed by atoms with Gasteiger partial charge in [-0.15, -0.1) is 0 Å². The van der Waals surface area contributed by atoms with Crippen LogP contribution in [0.5, 0.6) is 0 Å². The quantitative estimate of drug-likeness (QED) is 0.851. The van der Waals surface area contributed by atoms with Gasteiger partial charge in [-0.3, -0.25) is 4.72 Å². The summed E-state index contributed by atoms with van der Waals surface area (Å²) in [5.74, 6) is 0. The molecular formula is C15H17BrN2O2S. The van der Waals surface area contributed by atoms with Gasteiger partial charge in [0.1, 0.15) is 0 Å². The SMILES string of the molecule is Cc1ccc(Br)c(NS(=O)(=O)c2ccc(CCN)cc2)c1. The molecule has 112 valence electrons. The first kappa shape index (κ1) is 16.0. The predicted octanol–water partition coefficient (Wildman–Crippen LogP) is 3.06. The van der Waals surface area contributed by atoms with Crippen molar-refractivity contribution in [2.75, 3.05) is 11.3 Å². The topological polar surface area (TPSA) is 72.2 Å². The van der Waals surface area contributed by atoms with Crippen molar-refractivity contribution in [3.8, 4) is 0 Å². The van der Waals surface area contributed by atoms with Crippen molar-refractivity contribution in [3.63, 3.8) is 0 Å². The van der Waals surface area contributed by atoms with E-state index in [-0.39, 0.29) is 4.90 Å². The van der Waals surface area contributed by atoms with E-state index in [2.05, 4.69) is 20.7 Å². The second kappa shape index (κ2) is 6.60. The molecule has 0 aromatic heterocycles. The normalized spacial score (nSPS) is 11.4. The number of benzene rings is 2. The molecule has 0 amide bonds. The fourth-order valence-electron chi connectivity index (χ4n) is 1.92. The van der Waals surface area contributed by atoms with E-state index in [0.29, 0.717) is 16.7 Å². The Labute approximate surface area is 133 Å². The minimum absolute atomic E-state index is 0.233. The fourth-order valence-corrected chi connectivity index (χ4v) is 3.47. The highest BCUT2D eigenvalue weighted by atomic mass is 79.9. The van der Waals surface area contributed by atoms with Crippen molar-refractivity contribution in [1.29, 1.82) is 0 Å². The maximum Gasteiger partial charge on any atom is 0.261 e. The summed E-state index contributed by atoms with van der Waals surface area (Å²) in [7, 11) is -3.60. The molecule has 21 heavy (non-hydrogen) atoms. The van der Waals surface area contributed by atoms with E-state index >= 15 is 0 Å². The molecule has 0 atom stereocenters. The second-order valence-electron chi connectivity index (χ2n) is 4.77. The summed E-state index contributed by atoms with van der Waals surface area (Å²) in [5.41, 5.74) is 8.01. The zero-order valence-electron chi connectivity index (χ0n) is 11.6. The van der Waals surface area contributed by atoms with Gasteiger partial charge in [-0.1, -0.05) is 18.2 Å². The highest BCUT2D eigenvalue weighted by molar-refractivity contribution is 9.10. The molecule has 3 N–H and O–H groups in total. The lowest BCUT2D eigenvalue weighted by atomic mass is 10.2. The third-order valence-corrected chi connectivity index (χ3v) is 5.11. The Bertz CT molecular complexity index is 728. The Morgan fingerprint density at radius 3 is 2.43 bits per heavy atom. The van der Waals surface area contributed by atoms with Gasteiger partial charge >= 0.3 is 0 Å². The first-order valence-electron chi connectivity index (χ1n) is 6.50. The molecule has 0 spiro atoms. The van der Waals surface area contributed by atoms with Crippen molar-refractivity contribution in [1.82, 2.24) is 0 Å². The lowest BCUT2D eigenvalue weighted by molar-refractivity contribution is 0.601. The van der Waals surface area contributed by atoms with E-state index in [1.807, 2.05) is 19.1 Å². The van der Waals surface area contributed by atoms with Crippen LogP contribution in [-0.2, 0) is 16.4 Å². The van der Waals surface area contributed by atoms with Gasteiger partial charge in [-0.2, -0.15) is 0 Å². The number of hydrogen-bond donors (Lipinski definition) is 2. The highest BCUT2D eigenvalue weighted by Gasteiger charge is 2.15. The van der Waals surface area contributed by atoms with Gasteiger partial charge in [0.25, 0.3) is 10.0 Å². The van der Waals surface area contributed by atoms with Crippen LogP contribution in [0.3, 0.4) is 0 Å². The van der Waals surface area contributed by atoms with Crippen LogP contribution in [-0.4, -0.2) is 15.0 Å². The molecule has 0 saturated carbocycles. The molecule has 0 unspecified atom stereocenters. The van der Waals surface area contributed by atoms with Crippen molar-refractivity contribution >= 4 is 31.6 Å². The van der Waals surface area contributed by atoms with E-state index < -0.39 is 10.0 Å². The maximum atomic E-state index is 12.4. The third kappa shape index (κ3) is 4.06. The maximum absolute atomic E-state index is 12.4. The van der Waals surface area contributed by atoms with Gasteiger partial charge in [0, 0.05) is 4.47 Å². The van der Waals surface area contributed by atoms with Crippen molar-refractivity contribution in [2.45, 2.75) is 18.2 Å². The summed E-state index contributed by atoms with van der Waals surface area (Å²) in [5, 5.41) is 0. The molecule has 0 bridgehead atoms. The Morgan fingerprint density at radius 1 is 1.14 bits per heavy atom. The van der Waals surface area contributed by atoms with Gasteiger partial charge < -0.3 is 5.73 Å². The number of nitrogens with one attached hydrogen (secondary N) is 1. The zero-order valence-corrected chi connectivity index (χ0v) is 14.0. The number of nitrogens with two attached hydrogens (primary N) is 1. The number of sulfonamides is 1. The van der Waals surface area contributed by atoms with Crippen LogP contribution in [0, 0.1) is 6.92 Å². The second-order valence-corrected chi connectivity index (χ2v) is 7.31. The third-order valence-electron chi connectivity index (χ3n) is 3.03. The molecule has 4 nitrogen and oxygen atoms in total. The van der Waals surface area contributed by atoms with E-state index in [1.165, 1.54) is 0 Å². The van der Waals surface area contributed by atoms with Crippen LogP contribution in [0.2, 0.25) is 0 Å². The summed E-state index contributed by atoms with van der Waals surface area (Å²) in [6, 6.07) is 12.3. The van der Waals surface area contributed by atoms with Crippen molar-refractivity contribution < 1.29 is 8.42 Å². The fraction of sp³-hybridized carbons (Fsp3) is 0.200. The molecule has 0 aliphatic heterocycles. The summed E-state index contributed by atoms with van der Waals surface area (Å²) in [4.78, 5) is 0.233. The van der Waals surface area contributed by atoms with Gasteiger partial charge in [0.2, 0.25) is 0 Å². The predicted molar refractivity (Wildman–Crippen MR) is 88.9 cm³/mol. The Morgan fingerprint density at radius 2 is 1.81 bits per heavy atom. The minimum atomic E-state index is -3.60. The summed E-state index contributed by atoms with van der Waals surface area (Å²) in [6.07, 6.45) is 0.733. The van der Waals surface area contributed by atoms with Gasteiger partial charge in [-0.05, 0) is 71.2 Å². The molecule has 0 radical (unpaired) electrons. The first-order valence-corrected chi connectivity index (χ1v) is 8.78. The number of aryl methyl sites for hydroxylation is 1. The van der Waals surface area contributed by atoms with Crippen LogP contribution in [0.1, 0.15) is 11.1 Å². The summed E-state index contributed by atoms with van der Waals surface area (Å²) < 4.78 is 28.1. The van der Waals surface area contributed by atoms with Crippen molar-refractivity contribution in [2.24, 2.45) is 5.73 Å². The highest BCUT2D eigenvalue weighted by Crippen LogP contribution is 2.26. The molecule has 2 aromatic rings. The van der Waals surface area contributed by atoms with E-state index in [4.69, 9.17) is 5.73 Å². The molecule has 0 aliphatic rings. The molecule has 2 rings (SSSR count). The first-order chi connectivity index (χ1) is 9.92. The lowest BCUT2D eigenvalue weighted by Gasteiger charge is -2.11. The largest absolute Gasteiger partial charge is 0.330 e. The van der Waals surface area contributed by atoms with Crippen LogP contribution in [0.25, 0.3) is 0 Å². The van der Waals surface area contributed by atoms with Crippen molar-refractivity contribution in [3.05, 3.63) is 58.1 Å². The van der Waals surface area contributed by atoms with Crippen LogP contribution in [0.4, 0.5) is 5.69 Å². The van der Waals surface area contributed by atoms with E-state index in [1.54, 1.807) is 30.3 Å².